The van der Waals surface area contributed by atoms with Gasteiger partial charge < -0.3 is 10.6 Å². The van der Waals surface area contributed by atoms with Gasteiger partial charge in [-0.05, 0) is 19.3 Å². The van der Waals surface area contributed by atoms with Crippen LogP contribution in [0, 0.1) is 0 Å². The number of aromatic nitrogens is 2. The monoisotopic (exact) mass is 344 g/mol. The molecule has 0 radical (unpaired) electrons. The van der Waals surface area contributed by atoms with Crippen LogP contribution in [0.1, 0.15) is 30.5 Å². The van der Waals surface area contributed by atoms with E-state index in [4.69, 9.17) is 0 Å². The molecule has 9 heteroatoms. The Morgan fingerprint density at radius 3 is 2.75 bits per heavy atom. The Balaban J connectivity index is 1.55. The molecular weight excluding hydrogens is 321 g/mol. The summed E-state index contributed by atoms with van der Waals surface area (Å²) in [5.74, 6) is 0.523. The molecule has 1 aromatic rings. The van der Waals surface area contributed by atoms with Gasteiger partial charge in [-0.3, -0.25) is 14.6 Å². The molecule has 1 atom stereocenters. The van der Waals surface area contributed by atoms with Gasteiger partial charge in [-0.15, -0.1) is 0 Å². The predicted octanol–water partition coefficient (Wildman–Crippen LogP) is 1.34. The van der Waals surface area contributed by atoms with Crippen molar-refractivity contribution in [3.63, 3.8) is 0 Å². The van der Waals surface area contributed by atoms with Gasteiger partial charge in [-0.2, -0.15) is 18.3 Å². The number of likely N-dealkylation sites (tertiary alicyclic amines) is 1. The molecule has 1 aliphatic heterocycles. The summed E-state index contributed by atoms with van der Waals surface area (Å²) in [6.07, 6.45) is 0.513. The minimum Gasteiger partial charge on any atom is -0.352 e. The van der Waals surface area contributed by atoms with Crippen LogP contribution in [0.5, 0.6) is 0 Å². The van der Waals surface area contributed by atoms with Gasteiger partial charge in [0.2, 0.25) is 0 Å². The number of rotatable bonds is 4. The molecule has 0 spiro atoms. The molecule has 1 unspecified atom stereocenters. The molecule has 1 aromatic heterocycles. The van der Waals surface area contributed by atoms with Gasteiger partial charge in [0, 0.05) is 57.6 Å². The molecule has 2 aliphatic rings. The average Bonchev–Trinajstić information content (AvgIpc) is 3.13. The molecule has 0 bridgehead atoms. The van der Waals surface area contributed by atoms with E-state index in [-0.39, 0.29) is 18.2 Å². The van der Waals surface area contributed by atoms with Gasteiger partial charge in [0.1, 0.15) is 0 Å². The minimum absolute atomic E-state index is 0.0292. The van der Waals surface area contributed by atoms with Crippen molar-refractivity contribution in [1.82, 2.24) is 25.3 Å². The Hall–Kier alpha value is -1.77. The number of alkyl halides is 3. The molecule has 1 saturated heterocycles. The second-order valence-electron chi connectivity index (χ2n) is 6.46. The van der Waals surface area contributed by atoms with Crippen LogP contribution in [0.2, 0.25) is 0 Å². The third kappa shape index (κ3) is 4.00. The van der Waals surface area contributed by atoms with E-state index in [0.29, 0.717) is 5.96 Å². The maximum Gasteiger partial charge on any atom is 0.435 e. The molecule has 1 saturated carbocycles. The fourth-order valence-corrected chi connectivity index (χ4v) is 3.15. The largest absolute Gasteiger partial charge is 0.435 e. The Morgan fingerprint density at radius 2 is 2.12 bits per heavy atom. The van der Waals surface area contributed by atoms with Crippen molar-refractivity contribution in [2.75, 3.05) is 20.1 Å². The normalized spacial score (nSPS) is 22.9. The summed E-state index contributed by atoms with van der Waals surface area (Å²) in [6, 6.07) is 1.02. The number of hydrogen-bond donors (Lipinski definition) is 2. The van der Waals surface area contributed by atoms with Gasteiger partial charge in [0.25, 0.3) is 0 Å². The lowest BCUT2D eigenvalue weighted by Crippen LogP contribution is -2.44. The maximum absolute atomic E-state index is 13.0. The molecular formula is C15H23F3N6. The maximum atomic E-state index is 13.0. The number of nitrogens with one attached hydrogen (secondary N) is 2. The zero-order chi connectivity index (χ0) is 17.3. The van der Waals surface area contributed by atoms with E-state index in [1.807, 2.05) is 0 Å². The van der Waals surface area contributed by atoms with Crippen molar-refractivity contribution in [2.24, 2.45) is 12.0 Å². The molecule has 2 N–H and O–H groups in total. The van der Waals surface area contributed by atoms with Gasteiger partial charge in [-0.1, -0.05) is 0 Å². The molecule has 134 valence electrons. The molecule has 2 heterocycles. The molecule has 2 fully saturated rings. The lowest BCUT2D eigenvalue weighted by Gasteiger charge is -2.18. The van der Waals surface area contributed by atoms with Crippen molar-refractivity contribution in [2.45, 2.75) is 44.1 Å². The first-order valence-corrected chi connectivity index (χ1v) is 8.17. The van der Waals surface area contributed by atoms with Crippen LogP contribution in [-0.2, 0) is 19.8 Å². The minimum atomic E-state index is -4.45. The van der Waals surface area contributed by atoms with Crippen LogP contribution in [0.15, 0.2) is 11.2 Å². The van der Waals surface area contributed by atoms with Gasteiger partial charge >= 0.3 is 6.18 Å². The zero-order valence-corrected chi connectivity index (χ0v) is 13.9. The highest BCUT2D eigenvalue weighted by molar-refractivity contribution is 5.80. The highest BCUT2D eigenvalue weighted by Gasteiger charge is 2.37. The van der Waals surface area contributed by atoms with E-state index in [1.54, 1.807) is 7.05 Å². The van der Waals surface area contributed by atoms with E-state index in [2.05, 4.69) is 25.6 Å². The third-order valence-electron chi connectivity index (χ3n) is 4.47. The van der Waals surface area contributed by atoms with Crippen LogP contribution in [0.3, 0.4) is 0 Å². The number of nitrogens with zero attached hydrogens (tertiary/aromatic N) is 4. The number of aliphatic imine (C=N–C) groups is 1. The summed E-state index contributed by atoms with van der Waals surface area (Å²) >= 11 is 0. The van der Waals surface area contributed by atoms with Gasteiger partial charge in [0.05, 0.1) is 0 Å². The Bertz CT molecular complexity index is 605. The van der Waals surface area contributed by atoms with Crippen LogP contribution in [-0.4, -0.2) is 52.9 Å². The number of guanidine groups is 1. The van der Waals surface area contributed by atoms with Gasteiger partial charge in [0.15, 0.2) is 11.7 Å². The van der Waals surface area contributed by atoms with E-state index in [1.165, 1.54) is 30.8 Å². The highest BCUT2D eigenvalue weighted by Crippen LogP contribution is 2.31. The number of aryl methyl sites for hydroxylation is 1. The Kier molecular flexibility index (Phi) is 4.71. The zero-order valence-electron chi connectivity index (χ0n) is 13.9. The smallest absolute Gasteiger partial charge is 0.352 e. The first-order valence-electron chi connectivity index (χ1n) is 8.17. The first-order chi connectivity index (χ1) is 11.4. The van der Waals surface area contributed by atoms with Crippen molar-refractivity contribution < 1.29 is 13.2 Å². The lowest BCUT2D eigenvalue weighted by atomic mass is 10.2. The molecule has 3 rings (SSSR count). The van der Waals surface area contributed by atoms with Crippen LogP contribution in [0.4, 0.5) is 13.2 Å². The first kappa shape index (κ1) is 17.1. The second kappa shape index (κ2) is 6.62. The van der Waals surface area contributed by atoms with Crippen molar-refractivity contribution >= 4 is 5.96 Å². The quantitative estimate of drug-likeness (QED) is 0.639. The van der Waals surface area contributed by atoms with E-state index < -0.39 is 11.9 Å². The Labute approximate surface area is 139 Å². The fourth-order valence-electron chi connectivity index (χ4n) is 3.15. The number of hydrogen-bond acceptors (Lipinski definition) is 3. The van der Waals surface area contributed by atoms with Crippen molar-refractivity contribution in [3.8, 4) is 0 Å². The third-order valence-corrected chi connectivity index (χ3v) is 4.47. The number of halogens is 3. The lowest BCUT2D eigenvalue weighted by molar-refractivity contribution is -0.142. The molecule has 1 aliphatic carbocycles. The van der Waals surface area contributed by atoms with E-state index in [9.17, 15) is 13.2 Å². The summed E-state index contributed by atoms with van der Waals surface area (Å²) in [4.78, 5) is 6.58. The SMILES string of the molecule is CN=C(NCc1cn(C)nc1C(F)(F)F)NC1CCN(C2CC2)C1. The topological polar surface area (TPSA) is 57.5 Å². The summed E-state index contributed by atoms with van der Waals surface area (Å²) in [5, 5.41) is 9.78. The van der Waals surface area contributed by atoms with E-state index >= 15 is 0 Å². The van der Waals surface area contributed by atoms with Crippen LogP contribution < -0.4 is 10.6 Å². The molecule has 6 nitrogen and oxygen atoms in total. The highest BCUT2D eigenvalue weighted by atomic mass is 19.4. The molecule has 0 amide bonds. The second-order valence-corrected chi connectivity index (χ2v) is 6.46. The average molecular weight is 344 g/mol. The van der Waals surface area contributed by atoms with Crippen LogP contribution >= 0.6 is 0 Å². The summed E-state index contributed by atoms with van der Waals surface area (Å²) in [5.41, 5.74) is -0.743. The Morgan fingerprint density at radius 1 is 1.38 bits per heavy atom. The molecule has 0 aromatic carbocycles. The van der Waals surface area contributed by atoms with Crippen molar-refractivity contribution in [1.29, 1.82) is 0 Å². The van der Waals surface area contributed by atoms with E-state index in [0.717, 1.165) is 25.6 Å². The molecule has 24 heavy (non-hydrogen) atoms. The summed E-state index contributed by atoms with van der Waals surface area (Å²) < 4.78 is 40.1. The van der Waals surface area contributed by atoms with Crippen molar-refractivity contribution in [3.05, 3.63) is 17.5 Å². The van der Waals surface area contributed by atoms with Gasteiger partial charge in [-0.25, -0.2) is 0 Å². The predicted molar refractivity (Wildman–Crippen MR) is 84.5 cm³/mol. The summed E-state index contributed by atoms with van der Waals surface area (Å²) in [7, 11) is 3.10. The fraction of sp³-hybridized carbons (Fsp3) is 0.733. The summed E-state index contributed by atoms with van der Waals surface area (Å²) in [6.45, 7) is 2.06. The van der Waals surface area contributed by atoms with Crippen LogP contribution in [0.25, 0.3) is 0 Å². The standard InChI is InChI=1S/C15H23F3N6/c1-19-14(21-11-5-6-24(9-11)12-3-4-12)20-7-10-8-23(2)22-13(10)15(16,17)18/h8,11-12H,3-7,9H2,1-2H3,(H2,19,20,21).